The summed E-state index contributed by atoms with van der Waals surface area (Å²) >= 11 is 0. The van der Waals surface area contributed by atoms with Crippen LogP contribution in [0.25, 0.3) is 5.57 Å². The molecule has 1 saturated carbocycles. The van der Waals surface area contributed by atoms with Gasteiger partial charge in [0, 0.05) is 12.4 Å². The van der Waals surface area contributed by atoms with Crippen LogP contribution >= 0.6 is 0 Å². The fraction of sp³-hybridized carbons (Fsp3) is 0.312. The highest BCUT2D eigenvalue weighted by Crippen LogP contribution is 2.53. The summed E-state index contributed by atoms with van der Waals surface area (Å²) in [5, 5.41) is 0. The minimum Gasteiger partial charge on any atom is -0.265 e. The van der Waals surface area contributed by atoms with Crippen molar-refractivity contribution >= 4 is 5.57 Å². The van der Waals surface area contributed by atoms with E-state index in [9.17, 15) is 0 Å². The van der Waals surface area contributed by atoms with Crippen LogP contribution in [-0.4, -0.2) is 4.98 Å². The lowest BCUT2D eigenvalue weighted by Gasteiger charge is -2.22. The first kappa shape index (κ1) is 9.41. The second kappa shape index (κ2) is 3.43. The lowest BCUT2D eigenvalue weighted by atomic mass is 9.82. The Bertz CT molecular complexity index is 548. The van der Waals surface area contributed by atoms with Gasteiger partial charge in [-0.25, -0.2) is 0 Å². The maximum absolute atomic E-state index is 4.11. The molecular formula is C16H15N. The van der Waals surface area contributed by atoms with Crippen molar-refractivity contribution in [2.45, 2.75) is 19.3 Å². The quantitative estimate of drug-likeness (QED) is 0.703. The number of fused-ring (bicyclic) bond motifs is 2. The first-order valence-electron chi connectivity index (χ1n) is 6.45. The highest BCUT2D eigenvalue weighted by Gasteiger charge is 2.41. The Morgan fingerprint density at radius 3 is 2.94 bits per heavy atom. The molecule has 1 heterocycles. The minimum atomic E-state index is 0.866. The molecule has 0 bridgehead atoms. The monoisotopic (exact) mass is 221 g/mol. The number of hydrogen-bond acceptors (Lipinski definition) is 1. The van der Waals surface area contributed by atoms with Gasteiger partial charge in [-0.05, 0) is 59.9 Å². The maximum Gasteiger partial charge on any atom is 0.0273 e. The number of nitrogens with zero attached hydrogens (tertiary/aromatic N) is 1. The second-order valence-electron chi connectivity index (χ2n) is 5.20. The molecule has 84 valence electrons. The predicted octanol–water partition coefficient (Wildman–Crippen LogP) is 3.76. The van der Waals surface area contributed by atoms with Crippen LogP contribution in [0.5, 0.6) is 0 Å². The number of rotatable bonds is 1. The van der Waals surface area contributed by atoms with E-state index in [1.165, 1.54) is 36.0 Å². The van der Waals surface area contributed by atoms with Gasteiger partial charge in [-0.2, -0.15) is 0 Å². The first-order valence-corrected chi connectivity index (χ1v) is 6.45. The fourth-order valence-electron chi connectivity index (χ4n) is 3.22. The first-order chi connectivity index (χ1) is 8.43. The van der Waals surface area contributed by atoms with E-state index in [1.807, 2.05) is 12.4 Å². The van der Waals surface area contributed by atoms with Crippen LogP contribution in [0.4, 0.5) is 0 Å². The van der Waals surface area contributed by atoms with E-state index in [-0.39, 0.29) is 0 Å². The molecule has 1 nitrogen and oxygen atoms in total. The van der Waals surface area contributed by atoms with Crippen molar-refractivity contribution in [2.24, 2.45) is 11.8 Å². The summed E-state index contributed by atoms with van der Waals surface area (Å²) in [6, 6.07) is 4.24. The Labute approximate surface area is 102 Å². The molecule has 0 aromatic carbocycles. The summed E-state index contributed by atoms with van der Waals surface area (Å²) in [6.45, 7) is 0. The van der Waals surface area contributed by atoms with E-state index in [4.69, 9.17) is 0 Å². The van der Waals surface area contributed by atoms with Crippen molar-refractivity contribution < 1.29 is 0 Å². The van der Waals surface area contributed by atoms with Gasteiger partial charge in [-0.15, -0.1) is 0 Å². The maximum atomic E-state index is 4.11. The molecule has 2 unspecified atom stereocenters. The zero-order valence-electron chi connectivity index (χ0n) is 9.76. The largest absolute Gasteiger partial charge is 0.265 e. The molecule has 1 fully saturated rings. The van der Waals surface area contributed by atoms with E-state index < -0.39 is 0 Å². The fourth-order valence-corrected chi connectivity index (χ4v) is 3.22. The van der Waals surface area contributed by atoms with Crippen molar-refractivity contribution in [1.29, 1.82) is 0 Å². The van der Waals surface area contributed by atoms with Gasteiger partial charge in [0.2, 0.25) is 0 Å². The Hall–Kier alpha value is -1.63. The molecule has 0 saturated heterocycles. The van der Waals surface area contributed by atoms with Crippen LogP contribution in [0.2, 0.25) is 0 Å². The predicted molar refractivity (Wildman–Crippen MR) is 69.2 cm³/mol. The van der Waals surface area contributed by atoms with Gasteiger partial charge in [-0.1, -0.05) is 23.8 Å². The van der Waals surface area contributed by atoms with Crippen LogP contribution in [0.3, 0.4) is 0 Å². The van der Waals surface area contributed by atoms with Gasteiger partial charge in [-0.3, -0.25) is 4.98 Å². The molecule has 2 atom stereocenters. The molecule has 1 heteroatoms. The Kier molecular flexibility index (Phi) is 1.90. The third-order valence-corrected chi connectivity index (χ3v) is 4.19. The van der Waals surface area contributed by atoms with Gasteiger partial charge in [0.15, 0.2) is 0 Å². The number of pyridine rings is 1. The van der Waals surface area contributed by atoms with Crippen LogP contribution < -0.4 is 0 Å². The van der Waals surface area contributed by atoms with Gasteiger partial charge in [0.1, 0.15) is 0 Å². The Morgan fingerprint density at radius 2 is 2.06 bits per heavy atom. The van der Waals surface area contributed by atoms with E-state index in [2.05, 4.69) is 35.3 Å². The molecular weight excluding hydrogens is 206 g/mol. The van der Waals surface area contributed by atoms with E-state index in [0.29, 0.717) is 0 Å². The standard InChI is InChI=1S/C16H15N/c1-2-13(11-6-8-17-9-7-11)15-5-4-12-10-16(12)14(15)3-1/h2,4-9,12,16H,1,3,10H2. The zero-order valence-corrected chi connectivity index (χ0v) is 9.76. The summed E-state index contributed by atoms with van der Waals surface area (Å²) in [6.07, 6.45) is 14.8. The number of hydrogen-bond donors (Lipinski definition) is 0. The van der Waals surface area contributed by atoms with Gasteiger partial charge in [0.05, 0.1) is 0 Å². The van der Waals surface area contributed by atoms with Gasteiger partial charge < -0.3 is 0 Å². The third kappa shape index (κ3) is 1.42. The van der Waals surface area contributed by atoms with Crippen LogP contribution in [0.1, 0.15) is 24.8 Å². The molecule has 0 radical (unpaired) electrons. The third-order valence-electron chi connectivity index (χ3n) is 4.19. The van der Waals surface area contributed by atoms with Crippen molar-refractivity contribution in [3.8, 4) is 0 Å². The summed E-state index contributed by atoms with van der Waals surface area (Å²) < 4.78 is 0. The molecule has 1 aromatic rings. The van der Waals surface area contributed by atoms with Crippen molar-refractivity contribution in [3.05, 3.63) is 59.5 Å². The topological polar surface area (TPSA) is 12.9 Å². The van der Waals surface area contributed by atoms with Crippen LogP contribution in [-0.2, 0) is 0 Å². The molecule has 3 aliphatic rings. The van der Waals surface area contributed by atoms with Crippen molar-refractivity contribution in [2.75, 3.05) is 0 Å². The van der Waals surface area contributed by atoms with Crippen LogP contribution in [0.15, 0.2) is 53.9 Å². The van der Waals surface area contributed by atoms with Gasteiger partial charge >= 0.3 is 0 Å². The average Bonchev–Trinajstić information content (AvgIpc) is 3.19. The molecule has 3 aliphatic carbocycles. The summed E-state index contributed by atoms with van der Waals surface area (Å²) in [4.78, 5) is 4.11. The Balaban J connectivity index is 1.82. The van der Waals surface area contributed by atoms with Crippen molar-refractivity contribution in [3.63, 3.8) is 0 Å². The highest BCUT2D eigenvalue weighted by molar-refractivity contribution is 5.84. The smallest absolute Gasteiger partial charge is 0.0273 e. The number of aromatic nitrogens is 1. The highest BCUT2D eigenvalue weighted by atomic mass is 14.6. The summed E-state index contributed by atoms with van der Waals surface area (Å²) in [7, 11) is 0. The van der Waals surface area contributed by atoms with Crippen LogP contribution in [0, 0.1) is 11.8 Å². The lowest BCUT2D eigenvalue weighted by molar-refractivity contribution is 0.799. The molecule has 0 spiro atoms. The molecule has 0 aliphatic heterocycles. The average molecular weight is 221 g/mol. The zero-order chi connectivity index (χ0) is 11.2. The summed E-state index contributed by atoms with van der Waals surface area (Å²) in [5.74, 6) is 1.74. The molecule has 4 rings (SSSR count). The molecule has 0 amide bonds. The number of allylic oxidation sites excluding steroid dienone is 6. The molecule has 17 heavy (non-hydrogen) atoms. The SMILES string of the molecule is C1=CC2CC2C2=C1C(c1ccncc1)=CCC2. The van der Waals surface area contributed by atoms with Gasteiger partial charge in [0.25, 0.3) is 0 Å². The lowest BCUT2D eigenvalue weighted by Crippen LogP contribution is -2.05. The van der Waals surface area contributed by atoms with E-state index in [1.54, 1.807) is 5.57 Å². The molecule has 0 N–H and O–H groups in total. The minimum absolute atomic E-state index is 0.866. The normalized spacial score (nSPS) is 29.5. The van der Waals surface area contributed by atoms with E-state index in [0.717, 1.165) is 11.8 Å². The Morgan fingerprint density at radius 1 is 1.18 bits per heavy atom. The van der Waals surface area contributed by atoms with Crippen molar-refractivity contribution in [1.82, 2.24) is 4.98 Å². The second-order valence-corrected chi connectivity index (χ2v) is 5.20. The summed E-state index contributed by atoms with van der Waals surface area (Å²) in [5.41, 5.74) is 5.96. The van der Waals surface area contributed by atoms with E-state index >= 15 is 0 Å². The molecule has 1 aromatic heterocycles.